The molecular weight excluding hydrogens is 300 g/mol. The van der Waals surface area contributed by atoms with Crippen LogP contribution in [-0.4, -0.2) is 18.9 Å². The Labute approximate surface area is 145 Å². The molecule has 3 heteroatoms. The largest absolute Gasteiger partial charge is 0.469 e. The van der Waals surface area contributed by atoms with Gasteiger partial charge in [0.1, 0.15) is 0 Å². The number of rotatable bonds is 1. The normalized spacial score (nSPS) is 47.3. The number of esters is 1. The van der Waals surface area contributed by atoms with Gasteiger partial charge < -0.3 is 4.74 Å². The highest BCUT2D eigenvalue weighted by atomic mass is 16.5. The van der Waals surface area contributed by atoms with Crippen LogP contribution in [0, 0.1) is 34.5 Å². The summed E-state index contributed by atoms with van der Waals surface area (Å²) in [6.45, 7) is 4.76. The van der Waals surface area contributed by atoms with Crippen molar-refractivity contribution in [1.29, 1.82) is 0 Å². The molecule has 0 bridgehead atoms. The molecule has 3 fully saturated rings. The van der Waals surface area contributed by atoms with Crippen molar-refractivity contribution < 1.29 is 14.3 Å². The van der Waals surface area contributed by atoms with Gasteiger partial charge in [-0.25, -0.2) is 0 Å². The van der Waals surface area contributed by atoms with E-state index in [4.69, 9.17) is 4.74 Å². The molecule has 0 amide bonds. The molecular formula is C21H30O3. The van der Waals surface area contributed by atoms with Crippen LogP contribution in [-0.2, 0) is 14.3 Å². The molecule has 3 nitrogen and oxygen atoms in total. The maximum Gasteiger partial charge on any atom is 0.309 e. The quantitative estimate of drug-likeness (QED) is 0.673. The predicted molar refractivity (Wildman–Crippen MR) is 92.2 cm³/mol. The molecule has 132 valence electrons. The first-order valence-corrected chi connectivity index (χ1v) is 9.72. The summed E-state index contributed by atoms with van der Waals surface area (Å²) < 4.78 is 5.12. The van der Waals surface area contributed by atoms with Gasteiger partial charge in [0.25, 0.3) is 0 Å². The van der Waals surface area contributed by atoms with Crippen molar-refractivity contribution in [3.63, 3.8) is 0 Å². The van der Waals surface area contributed by atoms with E-state index in [1.54, 1.807) is 0 Å². The Hall–Kier alpha value is -1.12. The second kappa shape index (κ2) is 5.44. The highest BCUT2D eigenvalue weighted by Crippen LogP contribution is 2.66. The van der Waals surface area contributed by atoms with Crippen molar-refractivity contribution >= 4 is 11.8 Å². The van der Waals surface area contributed by atoms with Crippen LogP contribution in [0.4, 0.5) is 0 Å². The Morgan fingerprint density at radius 2 is 1.88 bits per heavy atom. The second-order valence-corrected chi connectivity index (χ2v) is 9.17. The van der Waals surface area contributed by atoms with Crippen molar-refractivity contribution in [2.75, 3.05) is 7.11 Å². The molecule has 24 heavy (non-hydrogen) atoms. The lowest BCUT2D eigenvalue weighted by Crippen LogP contribution is -2.51. The van der Waals surface area contributed by atoms with Crippen LogP contribution >= 0.6 is 0 Å². The number of allylic oxidation sites excluding steroid dienone is 1. The van der Waals surface area contributed by atoms with Gasteiger partial charge >= 0.3 is 5.97 Å². The third kappa shape index (κ3) is 2.09. The van der Waals surface area contributed by atoms with Gasteiger partial charge in [0, 0.05) is 6.42 Å². The van der Waals surface area contributed by atoms with Crippen molar-refractivity contribution in [3.8, 4) is 0 Å². The average Bonchev–Trinajstić information content (AvgIpc) is 2.92. The van der Waals surface area contributed by atoms with Crippen LogP contribution in [0.2, 0.25) is 0 Å². The van der Waals surface area contributed by atoms with Gasteiger partial charge in [0.2, 0.25) is 0 Å². The molecule has 4 rings (SSSR count). The van der Waals surface area contributed by atoms with Crippen molar-refractivity contribution in [3.05, 3.63) is 11.6 Å². The fraction of sp³-hybridized carbons (Fsp3) is 0.810. The zero-order valence-electron chi connectivity index (χ0n) is 15.3. The van der Waals surface area contributed by atoms with Gasteiger partial charge in [-0.1, -0.05) is 19.4 Å². The summed E-state index contributed by atoms with van der Waals surface area (Å²) in [7, 11) is 1.53. The Morgan fingerprint density at radius 3 is 2.62 bits per heavy atom. The standard InChI is InChI=1S/C21H30O3/c1-20-10-8-14(22)12-13(20)4-5-15-16-6-7-18(19(23)24-3)21(16,2)11-9-17(15)20/h12,15-18H,4-11H2,1-3H3/t15?,16?,17?,18-,20+,21+/m1/s1. The molecule has 3 unspecified atom stereocenters. The molecule has 0 aromatic rings. The van der Waals surface area contributed by atoms with Crippen LogP contribution < -0.4 is 0 Å². The number of carbonyl (C=O) groups excluding carboxylic acids is 2. The summed E-state index contributed by atoms with van der Waals surface area (Å²) in [5, 5.41) is 0. The Balaban J connectivity index is 1.65. The van der Waals surface area contributed by atoms with Gasteiger partial charge in [-0.05, 0) is 79.6 Å². The molecule has 0 radical (unpaired) electrons. The highest BCUT2D eigenvalue weighted by Gasteiger charge is 2.60. The third-order valence-corrected chi connectivity index (χ3v) is 8.45. The first kappa shape index (κ1) is 16.4. The van der Waals surface area contributed by atoms with E-state index in [9.17, 15) is 9.59 Å². The van der Waals surface area contributed by atoms with Crippen molar-refractivity contribution in [2.24, 2.45) is 34.5 Å². The minimum Gasteiger partial charge on any atom is -0.469 e. The number of ketones is 1. The molecule has 0 heterocycles. The van der Waals surface area contributed by atoms with Crippen LogP contribution in [0.15, 0.2) is 11.6 Å². The van der Waals surface area contributed by atoms with E-state index in [1.807, 2.05) is 6.08 Å². The molecule has 0 aromatic heterocycles. The first-order chi connectivity index (χ1) is 11.4. The fourth-order valence-electron chi connectivity index (χ4n) is 7.09. The minimum atomic E-state index is 0.00400. The summed E-state index contributed by atoms with van der Waals surface area (Å²) >= 11 is 0. The Bertz CT molecular complexity index is 606. The van der Waals surface area contributed by atoms with E-state index >= 15 is 0 Å². The van der Waals surface area contributed by atoms with Crippen molar-refractivity contribution in [2.45, 2.75) is 65.2 Å². The summed E-state index contributed by atoms with van der Waals surface area (Å²) in [4.78, 5) is 24.2. The van der Waals surface area contributed by atoms with Gasteiger partial charge in [0.05, 0.1) is 13.0 Å². The maximum absolute atomic E-state index is 12.3. The SMILES string of the molecule is COC(=O)[C@H]1CCC2C3CCC4=CC(=O)CC[C@]4(C)C3CC[C@@]21C. The number of ether oxygens (including phenoxy) is 1. The van der Waals surface area contributed by atoms with Crippen LogP contribution in [0.3, 0.4) is 0 Å². The monoisotopic (exact) mass is 330 g/mol. The van der Waals surface area contributed by atoms with Gasteiger partial charge in [-0.2, -0.15) is 0 Å². The predicted octanol–water partition coefficient (Wildman–Crippen LogP) is 4.31. The Morgan fingerprint density at radius 1 is 1.08 bits per heavy atom. The van der Waals surface area contributed by atoms with E-state index in [1.165, 1.54) is 31.9 Å². The number of hydrogen-bond acceptors (Lipinski definition) is 3. The molecule has 0 N–H and O–H groups in total. The maximum atomic E-state index is 12.3. The van der Waals surface area contributed by atoms with E-state index < -0.39 is 0 Å². The molecule has 0 spiro atoms. The molecule has 4 aliphatic carbocycles. The number of hydrogen-bond donors (Lipinski definition) is 0. The zero-order chi connectivity index (χ0) is 17.1. The zero-order valence-corrected chi connectivity index (χ0v) is 15.3. The van der Waals surface area contributed by atoms with Crippen LogP contribution in [0.5, 0.6) is 0 Å². The van der Waals surface area contributed by atoms with Gasteiger partial charge in [-0.15, -0.1) is 0 Å². The average molecular weight is 330 g/mol. The van der Waals surface area contributed by atoms with Crippen molar-refractivity contribution in [1.82, 2.24) is 0 Å². The summed E-state index contributed by atoms with van der Waals surface area (Å²) in [5.41, 5.74) is 1.77. The number of methoxy groups -OCH3 is 1. The summed E-state index contributed by atoms with van der Waals surface area (Å²) in [6.07, 6.45) is 10.5. The summed E-state index contributed by atoms with van der Waals surface area (Å²) in [6, 6.07) is 0. The van der Waals surface area contributed by atoms with Gasteiger partial charge in [-0.3, -0.25) is 9.59 Å². The van der Waals surface area contributed by atoms with Gasteiger partial charge in [0.15, 0.2) is 5.78 Å². The molecule has 6 atom stereocenters. The van der Waals surface area contributed by atoms with Crippen LogP contribution in [0.1, 0.15) is 65.2 Å². The van der Waals surface area contributed by atoms with E-state index in [0.29, 0.717) is 23.5 Å². The lowest BCUT2D eigenvalue weighted by Gasteiger charge is -2.57. The molecule has 3 saturated carbocycles. The van der Waals surface area contributed by atoms with E-state index in [2.05, 4.69) is 13.8 Å². The molecule has 0 saturated heterocycles. The molecule has 4 aliphatic rings. The minimum absolute atomic E-state index is 0.00400. The first-order valence-electron chi connectivity index (χ1n) is 9.72. The summed E-state index contributed by atoms with van der Waals surface area (Å²) in [5.74, 6) is 2.48. The van der Waals surface area contributed by atoms with E-state index in [-0.39, 0.29) is 22.7 Å². The Kier molecular flexibility index (Phi) is 3.71. The second-order valence-electron chi connectivity index (χ2n) is 9.17. The fourth-order valence-corrected chi connectivity index (χ4v) is 7.09. The number of fused-ring (bicyclic) bond motifs is 5. The third-order valence-electron chi connectivity index (χ3n) is 8.45. The van der Waals surface area contributed by atoms with E-state index in [0.717, 1.165) is 32.1 Å². The van der Waals surface area contributed by atoms with Crippen LogP contribution in [0.25, 0.3) is 0 Å². The smallest absolute Gasteiger partial charge is 0.309 e. The highest BCUT2D eigenvalue weighted by molar-refractivity contribution is 5.91. The molecule has 0 aromatic carbocycles. The molecule has 0 aliphatic heterocycles. The lowest BCUT2D eigenvalue weighted by atomic mass is 9.47. The lowest BCUT2D eigenvalue weighted by molar-refractivity contribution is -0.152. The number of carbonyl (C=O) groups is 2. The topological polar surface area (TPSA) is 43.4 Å².